The zero-order chi connectivity index (χ0) is 14.7. The van der Waals surface area contributed by atoms with Gasteiger partial charge in [-0.2, -0.15) is 4.98 Å². The van der Waals surface area contributed by atoms with Crippen LogP contribution in [-0.4, -0.2) is 34.3 Å². The zero-order valence-electron chi connectivity index (χ0n) is 12.4. The van der Waals surface area contributed by atoms with E-state index in [1.54, 1.807) is 0 Å². The molecule has 1 N–H and O–H groups in total. The van der Waals surface area contributed by atoms with E-state index in [0.717, 1.165) is 38.8 Å². The van der Waals surface area contributed by atoms with Crippen molar-refractivity contribution in [2.45, 2.75) is 57.8 Å². The van der Waals surface area contributed by atoms with Crippen LogP contribution in [0.3, 0.4) is 0 Å². The van der Waals surface area contributed by atoms with Crippen LogP contribution in [0.25, 0.3) is 0 Å². The van der Waals surface area contributed by atoms with Gasteiger partial charge in [0.15, 0.2) is 0 Å². The molecule has 21 heavy (non-hydrogen) atoms. The summed E-state index contributed by atoms with van der Waals surface area (Å²) >= 11 is 0. The molecule has 1 aromatic heterocycles. The Morgan fingerprint density at radius 3 is 2.57 bits per heavy atom. The lowest BCUT2D eigenvalue weighted by atomic mass is 9.69. The molecule has 2 fully saturated rings. The Morgan fingerprint density at radius 1 is 1.19 bits per heavy atom. The van der Waals surface area contributed by atoms with Gasteiger partial charge in [-0.1, -0.05) is 19.3 Å². The van der Waals surface area contributed by atoms with Crippen molar-refractivity contribution in [3.05, 3.63) is 5.89 Å². The van der Waals surface area contributed by atoms with E-state index in [1.165, 1.54) is 19.3 Å². The second-order valence-electron chi connectivity index (χ2n) is 6.49. The van der Waals surface area contributed by atoms with Gasteiger partial charge in [-0.05, 0) is 36.3 Å². The molecule has 6 nitrogen and oxygen atoms in total. The van der Waals surface area contributed by atoms with Crippen LogP contribution < -0.4 is 4.90 Å². The fraction of sp³-hybridized carbons (Fsp3) is 0.800. The van der Waals surface area contributed by atoms with Gasteiger partial charge in [-0.25, -0.2) is 0 Å². The highest BCUT2D eigenvalue weighted by Crippen LogP contribution is 2.42. The van der Waals surface area contributed by atoms with Gasteiger partial charge < -0.3 is 14.5 Å². The monoisotopic (exact) mass is 293 g/mol. The Hall–Kier alpha value is -1.59. The molecule has 2 aliphatic rings. The lowest BCUT2D eigenvalue weighted by Gasteiger charge is -2.34. The Labute approximate surface area is 124 Å². The van der Waals surface area contributed by atoms with E-state index >= 15 is 0 Å². The first-order chi connectivity index (χ1) is 10.2. The summed E-state index contributed by atoms with van der Waals surface area (Å²) in [4.78, 5) is 17.8. The minimum absolute atomic E-state index is 0.196. The fourth-order valence-corrected chi connectivity index (χ4v) is 3.72. The first kappa shape index (κ1) is 14.4. The van der Waals surface area contributed by atoms with Crippen molar-refractivity contribution in [1.29, 1.82) is 0 Å². The van der Waals surface area contributed by atoms with Crippen molar-refractivity contribution >= 4 is 11.9 Å². The summed E-state index contributed by atoms with van der Waals surface area (Å²) in [7, 11) is 0. The normalized spacial score (nSPS) is 21.6. The number of anilines is 1. The molecule has 0 atom stereocenters. The van der Waals surface area contributed by atoms with Gasteiger partial charge in [0.2, 0.25) is 5.89 Å². The molecule has 1 aromatic rings. The van der Waals surface area contributed by atoms with Gasteiger partial charge in [-0.15, -0.1) is 0 Å². The Morgan fingerprint density at radius 2 is 1.90 bits per heavy atom. The number of aliphatic carboxylic acids is 1. The van der Waals surface area contributed by atoms with Gasteiger partial charge in [0, 0.05) is 19.5 Å². The van der Waals surface area contributed by atoms with Crippen molar-refractivity contribution in [2.24, 2.45) is 5.41 Å². The average molecular weight is 293 g/mol. The summed E-state index contributed by atoms with van der Waals surface area (Å²) in [5.41, 5.74) is -0.196. The predicted molar refractivity (Wildman–Crippen MR) is 77.2 cm³/mol. The molecule has 2 heterocycles. The van der Waals surface area contributed by atoms with Crippen LogP contribution in [0.15, 0.2) is 4.52 Å². The number of nitrogens with zero attached hydrogens (tertiary/aromatic N) is 3. The van der Waals surface area contributed by atoms with Crippen molar-refractivity contribution in [1.82, 2.24) is 10.1 Å². The van der Waals surface area contributed by atoms with Crippen LogP contribution >= 0.6 is 0 Å². The molecule has 1 saturated carbocycles. The van der Waals surface area contributed by atoms with Crippen molar-refractivity contribution in [3.8, 4) is 0 Å². The SMILES string of the molecule is O=C(O)CC1(Cc2nc(N3CCCC3)no2)CCCCC1. The third-order valence-corrected chi connectivity index (χ3v) is 4.81. The number of carboxylic acid groups (broad SMARTS) is 1. The Bertz CT molecular complexity index is 488. The fourth-order valence-electron chi connectivity index (χ4n) is 3.72. The maximum absolute atomic E-state index is 11.2. The molecule has 0 bridgehead atoms. The third-order valence-electron chi connectivity index (χ3n) is 4.81. The number of rotatable bonds is 5. The molecule has 1 aliphatic heterocycles. The smallest absolute Gasteiger partial charge is 0.303 e. The molecule has 0 amide bonds. The van der Waals surface area contributed by atoms with Crippen molar-refractivity contribution < 1.29 is 14.4 Å². The highest BCUT2D eigenvalue weighted by molar-refractivity contribution is 5.67. The summed E-state index contributed by atoms with van der Waals surface area (Å²) in [6.45, 7) is 1.97. The zero-order valence-corrected chi connectivity index (χ0v) is 12.4. The summed E-state index contributed by atoms with van der Waals surface area (Å²) in [6.07, 6.45) is 8.43. The van der Waals surface area contributed by atoms with E-state index < -0.39 is 5.97 Å². The van der Waals surface area contributed by atoms with Crippen LogP contribution in [0.1, 0.15) is 57.3 Å². The molecule has 116 valence electrons. The lowest BCUT2D eigenvalue weighted by molar-refractivity contribution is -0.140. The maximum Gasteiger partial charge on any atom is 0.303 e. The molecular formula is C15H23N3O3. The van der Waals surface area contributed by atoms with Gasteiger partial charge in [0.25, 0.3) is 5.95 Å². The van der Waals surface area contributed by atoms with E-state index in [4.69, 9.17) is 4.52 Å². The number of hydrogen-bond donors (Lipinski definition) is 1. The largest absolute Gasteiger partial charge is 0.481 e. The number of hydrogen-bond acceptors (Lipinski definition) is 5. The summed E-state index contributed by atoms with van der Waals surface area (Å²) < 4.78 is 5.39. The van der Waals surface area contributed by atoms with Crippen LogP contribution in [-0.2, 0) is 11.2 Å². The highest BCUT2D eigenvalue weighted by Gasteiger charge is 2.36. The van der Waals surface area contributed by atoms with Gasteiger partial charge in [-0.3, -0.25) is 4.79 Å². The number of carbonyl (C=O) groups is 1. The van der Waals surface area contributed by atoms with E-state index in [1.807, 2.05) is 0 Å². The van der Waals surface area contributed by atoms with E-state index in [-0.39, 0.29) is 11.8 Å². The third kappa shape index (κ3) is 3.36. The molecule has 1 aliphatic carbocycles. The van der Waals surface area contributed by atoms with Crippen molar-refractivity contribution in [2.75, 3.05) is 18.0 Å². The van der Waals surface area contributed by atoms with E-state index in [2.05, 4.69) is 15.0 Å². The van der Waals surface area contributed by atoms with Crippen LogP contribution in [0, 0.1) is 5.41 Å². The number of aromatic nitrogens is 2. The Balaban J connectivity index is 1.71. The average Bonchev–Trinajstić information content (AvgIpc) is 3.09. The summed E-state index contributed by atoms with van der Waals surface area (Å²) in [5, 5.41) is 13.3. The molecule has 0 aromatic carbocycles. The first-order valence-corrected chi connectivity index (χ1v) is 7.96. The molecular weight excluding hydrogens is 270 g/mol. The lowest BCUT2D eigenvalue weighted by Crippen LogP contribution is -2.30. The molecule has 6 heteroatoms. The maximum atomic E-state index is 11.2. The Kier molecular flexibility index (Phi) is 4.12. The van der Waals surface area contributed by atoms with Gasteiger partial charge >= 0.3 is 5.97 Å². The first-order valence-electron chi connectivity index (χ1n) is 7.96. The van der Waals surface area contributed by atoms with Crippen LogP contribution in [0.2, 0.25) is 0 Å². The molecule has 3 rings (SSSR count). The minimum Gasteiger partial charge on any atom is -0.481 e. The molecule has 0 unspecified atom stereocenters. The predicted octanol–water partition coefficient (Wildman–Crippen LogP) is 2.64. The standard InChI is InChI=1S/C15H23N3O3/c19-13(20)11-15(6-2-1-3-7-15)10-12-16-14(17-21-12)18-8-4-5-9-18/h1-11H2,(H,19,20). The molecule has 0 radical (unpaired) electrons. The second kappa shape index (κ2) is 6.03. The van der Waals surface area contributed by atoms with E-state index in [9.17, 15) is 9.90 Å². The van der Waals surface area contributed by atoms with Crippen LogP contribution in [0.5, 0.6) is 0 Å². The topological polar surface area (TPSA) is 79.5 Å². The minimum atomic E-state index is -0.726. The van der Waals surface area contributed by atoms with Crippen LogP contribution in [0.4, 0.5) is 5.95 Å². The van der Waals surface area contributed by atoms with Gasteiger partial charge in [0.05, 0.1) is 6.42 Å². The molecule has 0 spiro atoms. The number of carboxylic acids is 1. The quantitative estimate of drug-likeness (QED) is 0.899. The highest BCUT2D eigenvalue weighted by atomic mass is 16.5. The summed E-state index contributed by atoms with van der Waals surface area (Å²) in [6, 6.07) is 0. The van der Waals surface area contributed by atoms with Gasteiger partial charge in [0.1, 0.15) is 0 Å². The second-order valence-corrected chi connectivity index (χ2v) is 6.49. The van der Waals surface area contributed by atoms with Crippen molar-refractivity contribution in [3.63, 3.8) is 0 Å². The molecule has 1 saturated heterocycles. The summed E-state index contributed by atoms with van der Waals surface area (Å²) in [5.74, 6) is 0.542. The van der Waals surface area contributed by atoms with E-state index in [0.29, 0.717) is 18.3 Å².